The quantitative estimate of drug-likeness (QED) is 0.775. The standard InChI is InChI=1S/C12H7Cl2F3N2O/c13-8-2-1-6(3-10(8)19-20)11-9(14)4-7(5-18-11)12(15,16)17/h1-5,19-20H. The van der Waals surface area contributed by atoms with Gasteiger partial charge in [0, 0.05) is 11.8 Å². The maximum absolute atomic E-state index is 12.5. The van der Waals surface area contributed by atoms with E-state index in [1.54, 1.807) is 0 Å². The second kappa shape index (κ2) is 5.47. The van der Waals surface area contributed by atoms with E-state index in [-0.39, 0.29) is 21.4 Å². The highest BCUT2D eigenvalue weighted by molar-refractivity contribution is 6.34. The molecule has 1 heterocycles. The summed E-state index contributed by atoms with van der Waals surface area (Å²) in [6.45, 7) is 0. The van der Waals surface area contributed by atoms with Gasteiger partial charge in [-0.1, -0.05) is 29.3 Å². The van der Waals surface area contributed by atoms with Gasteiger partial charge in [-0.05, 0) is 18.2 Å². The molecule has 0 aliphatic heterocycles. The molecular weight excluding hydrogens is 316 g/mol. The molecule has 0 saturated carbocycles. The molecule has 106 valence electrons. The van der Waals surface area contributed by atoms with Crippen LogP contribution in [0, 0.1) is 0 Å². The largest absolute Gasteiger partial charge is 0.417 e. The third kappa shape index (κ3) is 2.98. The molecule has 0 saturated heterocycles. The first-order chi connectivity index (χ1) is 9.32. The number of anilines is 1. The van der Waals surface area contributed by atoms with E-state index in [1.807, 2.05) is 5.48 Å². The molecule has 3 nitrogen and oxygen atoms in total. The van der Waals surface area contributed by atoms with Crippen LogP contribution in [0.4, 0.5) is 18.9 Å². The highest BCUT2D eigenvalue weighted by atomic mass is 35.5. The van der Waals surface area contributed by atoms with Crippen molar-refractivity contribution in [1.82, 2.24) is 4.98 Å². The third-order valence-corrected chi connectivity index (χ3v) is 3.15. The molecular formula is C12H7Cl2F3N2O. The minimum Gasteiger partial charge on any atom is -0.291 e. The van der Waals surface area contributed by atoms with E-state index in [0.29, 0.717) is 11.8 Å². The highest BCUT2D eigenvalue weighted by Gasteiger charge is 2.31. The number of halogens is 5. The van der Waals surface area contributed by atoms with Crippen LogP contribution in [-0.2, 0) is 6.18 Å². The number of rotatable bonds is 2. The fraction of sp³-hybridized carbons (Fsp3) is 0.0833. The maximum atomic E-state index is 12.5. The number of nitrogens with zero attached hydrogens (tertiary/aromatic N) is 1. The topological polar surface area (TPSA) is 45.1 Å². The summed E-state index contributed by atoms with van der Waals surface area (Å²) in [5, 5.41) is 8.98. The number of hydrogen-bond donors (Lipinski definition) is 2. The smallest absolute Gasteiger partial charge is 0.291 e. The molecule has 0 atom stereocenters. The van der Waals surface area contributed by atoms with Crippen LogP contribution in [0.5, 0.6) is 0 Å². The lowest BCUT2D eigenvalue weighted by Gasteiger charge is -2.10. The van der Waals surface area contributed by atoms with Crippen molar-refractivity contribution in [3.63, 3.8) is 0 Å². The molecule has 0 amide bonds. The van der Waals surface area contributed by atoms with E-state index in [2.05, 4.69) is 4.98 Å². The average molecular weight is 323 g/mol. The Labute approximate surface area is 121 Å². The summed E-state index contributed by atoms with van der Waals surface area (Å²) in [6, 6.07) is 5.21. The third-order valence-electron chi connectivity index (χ3n) is 2.53. The maximum Gasteiger partial charge on any atom is 0.417 e. The Bertz CT molecular complexity index is 647. The molecule has 2 aromatic rings. The average Bonchev–Trinajstić information content (AvgIpc) is 2.38. The molecule has 0 aliphatic rings. The van der Waals surface area contributed by atoms with Gasteiger partial charge in [0.2, 0.25) is 0 Å². The summed E-state index contributed by atoms with van der Waals surface area (Å²) in [5.41, 5.74) is 1.73. The Morgan fingerprint density at radius 1 is 1.10 bits per heavy atom. The fourth-order valence-electron chi connectivity index (χ4n) is 1.56. The fourth-order valence-corrected chi connectivity index (χ4v) is 2.00. The lowest BCUT2D eigenvalue weighted by atomic mass is 10.1. The van der Waals surface area contributed by atoms with Crippen molar-refractivity contribution in [2.75, 3.05) is 5.48 Å². The molecule has 20 heavy (non-hydrogen) atoms. The van der Waals surface area contributed by atoms with Crippen molar-refractivity contribution < 1.29 is 18.4 Å². The summed E-state index contributed by atoms with van der Waals surface area (Å²) in [5.74, 6) is 0. The van der Waals surface area contributed by atoms with Gasteiger partial charge in [-0.25, -0.2) is 0 Å². The molecule has 2 N–H and O–H groups in total. The molecule has 0 bridgehead atoms. The van der Waals surface area contributed by atoms with E-state index < -0.39 is 11.7 Å². The predicted octanol–water partition coefficient (Wildman–Crippen LogP) is 4.88. The molecule has 0 aliphatic carbocycles. The molecule has 1 aromatic heterocycles. The molecule has 0 unspecified atom stereocenters. The van der Waals surface area contributed by atoms with Crippen LogP contribution in [0.15, 0.2) is 30.5 Å². The van der Waals surface area contributed by atoms with Gasteiger partial charge in [-0.15, -0.1) is 0 Å². The van der Waals surface area contributed by atoms with Crippen molar-refractivity contribution in [2.24, 2.45) is 0 Å². The van der Waals surface area contributed by atoms with Gasteiger partial charge >= 0.3 is 6.18 Å². The normalized spacial score (nSPS) is 11.5. The lowest BCUT2D eigenvalue weighted by Crippen LogP contribution is -2.05. The van der Waals surface area contributed by atoms with E-state index in [4.69, 9.17) is 28.4 Å². The zero-order chi connectivity index (χ0) is 14.9. The second-order valence-corrected chi connectivity index (χ2v) is 4.67. The zero-order valence-corrected chi connectivity index (χ0v) is 11.2. The van der Waals surface area contributed by atoms with Crippen LogP contribution in [-0.4, -0.2) is 10.2 Å². The first-order valence-electron chi connectivity index (χ1n) is 5.25. The van der Waals surface area contributed by atoms with Crippen LogP contribution in [0.25, 0.3) is 11.3 Å². The number of pyridine rings is 1. The SMILES string of the molecule is ONc1cc(-c2ncc(C(F)(F)F)cc2Cl)ccc1Cl. The van der Waals surface area contributed by atoms with Gasteiger partial charge in [-0.3, -0.25) is 15.7 Å². The van der Waals surface area contributed by atoms with Crippen LogP contribution >= 0.6 is 23.2 Å². The van der Waals surface area contributed by atoms with Crippen LogP contribution in [0.3, 0.4) is 0 Å². The monoisotopic (exact) mass is 322 g/mol. The van der Waals surface area contributed by atoms with E-state index in [9.17, 15) is 13.2 Å². The number of hydrogen-bond acceptors (Lipinski definition) is 3. The molecule has 0 fully saturated rings. The second-order valence-electron chi connectivity index (χ2n) is 3.86. The Morgan fingerprint density at radius 3 is 2.35 bits per heavy atom. The molecule has 0 spiro atoms. The molecule has 2 rings (SSSR count). The highest BCUT2D eigenvalue weighted by Crippen LogP contribution is 2.35. The van der Waals surface area contributed by atoms with E-state index in [0.717, 1.165) is 6.07 Å². The van der Waals surface area contributed by atoms with Gasteiger partial charge in [0.25, 0.3) is 0 Å². The van der Waals surface area contributed by atoms with Crippen LogP contribution in [0.2, 0.25) is 10.0 Å². The lowest BCUT2D eigenvalue weighted by molar-refractivity contribution is -0.137. The summed E-state index contributed by atoms with van der Waals surface area (Å²) in [4.78, 5) is 3.72. The Hall–Kier alpha value is -1.50. The van der Waals surface area contributed by atoms with Gasteiger partial charge < -0.3 is 0 Å². The summed E-state index contributed by atoms with van der Waals surface area (Å²) in [6.07, 6.45) is -3.81. The zero-order valence-electron chi connectivity index (χ0n) is 9.67. The first-order valence-corrected chi connectivity index (χ1v) is 6.01. The van der Waals surface area contributed by atoms with Gasteiger partial charge in [0.05, 0.1) is 27.0 Å². The minimum atomic E-state index is -4.51. The summed E-state index contributed by atoms with van der Waals surface area (Å²) < 4.78 is 37.5. The molecule has 0 radical (unpaired) electrons. The predicted molar refractivity (Wildman–Crippen MR) is 70.1 cm³/mol. The minimum absolute atomic E-state index is 0.147. The van der Waals surface area contributed by atoms with E-state index >= 15 is 0 Å². The van der Waals surface area contributed by atoms with Gasteiger partial charge in [-0.2, -0.15) is 13.2 Å². The number of nitrogens with one attached hydrogen (secondary N) is 1. The van der Waals surface area contributed by atoms with Crippen LogP contribution < -0.4 is 5.48 Å². The van der Waals surface area contributed by atoms with Gasteiger partial charge in [0.1, 0.15) is 0 Å². The van der Waals surface area contributed by atoms with Crippen LogP contribution in [0.1, 0.15) is 5.56 Å². The van der Waals surface area contributed by atoms with Crippen molar-refractivity contribution in [2.45, 2.75) is 6.18 Å². The van der Waals surface area contributed by atoms with Crippen molar-refractivity contribution in [3.05, 3.63) is 46.1 Å². The number of benzene rings is 1. The number of aromatic nitrogens is 1. The van der Waals surface area contributed by atoms with Crippen molar-refractivity contribution in [1.29, 1.82) is 0 Å². The number of alkyl halides is 3. The summed E-state index contributed by atoms with van der Waals surface area (Å²) in [7, 11) is 0. The van der Waals surface area contributed by atoms with Crippen molar-refractivity contribution in [3.8, 4) is 11.3 Å². The Balaban J connectivity index is 2.49. The molecule has 8 heteroatoms. The van der Waals surface area contributed by atoms with Crippen molar-refractivity contribution >= 4 is 28.9 Å². The summed E-state index contributed by atoms with van der Waals surface area (Å²) >= 11 is 11.6. The van der Waals surface area contributed by atoms with E-state index in [1.165, 1.54) is 18.2 Å². The first kappa shape index (κ1) is 14.9. The molecule has 1 aromatic carbocycles. The van der Waals surface area contributed by atoms with Gasteiger partial charge in [0.15, 0.2) is 0 Å². The Kier molecular flexibility index (Phi) is 4.08. The Morgan fingerprint density at radius 2 is 1.80 bits per heavy atom.